The fraction of sp³-hybridized carbons (Fsp3) is 0.714. The summed E-state index contributed by atoms with van der Waals surface area (Å²) in [7, 11) is 1.24. The Bertz CT molecular complexity index is 219. The van der Waals surface area contributed by atoms with Gasteiger partial charge in [-0.2, -0.15) is 18.4 Å². The summed E-state index contributed by atoms with van der Waals surface area (Å²) in [6.07, 6.45) is -5.90. The Morgan fingerprint density at radius 2 is 2.08 bits per heavy atom. The molecule has 0 saturated carbocycles. The van der Waals surface area contributed by atoms with Gasteiger partial charge in [-0.05, 0) is 0 Å². The van der Waals surface area contributed by atoms with Crippen LogP contribution in [0.25, 0.3) is 0 Å². The molecule has 3 nitrogen and oxygen atoms in total. The first-order chi connectivity index (χ1) is 5.87. The standard InChI is InChI=1S/C7H9F3N2O/c1-12(4-2-3-11)6(13)5-7(8,9)10/h2,4-5H2,1H3. The molecule has 1 amide bonds. The third-order valence-electron chi connectivity index (χ3n) is 1.34. The average Bonchev–Trinajstić information content (AvgIpc) is 1.96. The molecule has 0 rings (SSSR count). The van der Waals surface area contributed by atoms with Crippen molar-refractivity contribution in [2.45, 2.75) is 19.0 Å². The van der Waals surface area contributed by atoms with E-state index >= 15 is 0 Å². The highest BCUT2D eigenvalue weighted by Gasteiger charge is 2.32. The van der Waals surface area contributed by atoms with Crippen molar-refractivity contribution in [1.29, 1.82) is 5.26 Å². The van der Waals surface area contributed by atoms with Gasteiger partial charge in [-0.25, -0.2) is 0 Å². The third kappa shape index (κ3) is 5.96. The molecular formula is C7H9F3N2O. The van der Waals surface area contributed by atoms with Crippen molar-refractivity contribution in [1.82, 2.24) is 4.90 Å². The summed E-state index contributed by atoms with van der Waals surface area (Å²) in [4.78, 5) is 11.7. The quantitative estimate of drug-likeness (QED) is 0.679. The maximum atomic E-state index is 11.7. The van der Waals surface area contributed by atoms with Crippen LogP contribution in [0.5, 0.6) is 0 Å². The first-order valence-corrected chi connectivity index (χ1v) is 3.54. The van der Waals surface area contributed by atoms with Crippen LogP contribution in [0.2, 0.25) is 0 Å². The number of nitrogens with zero attached hydrogens (tertiary/aromatic N) is 2. The molecule has 0 atom stereocenters. The maximum Gasteiger partial charge on any atom is 0.397 e. The van der Waals surface area contributed by atoms with E-state index in [1.54, 1.807) is 6.07 Å². The second kappa shape index (κ2) is 4.70. The lowest BCUT2D eigenvalue weighted by Gasteiger charge is -2.16. The largest absolute Gasteiger partial charge is 0.397 e. The number of rotatable bonds is 3. The van der Waals surface area contributed by atoms with E-state index in [-0.39, 0.29) is 13.0 Å². The van der Waals surface area contributed by atoms with Crippen LogP contribution < -0.4 is 0 Å². The number of alkyl halides is 3. The summed E-state index contributed by atoms with van der Waals surface area (Å²) in [6, 6.07) is 1.74. The molecule has 0 heterocycles. The lowest BCUT2D eigenvalue weighted by atomic mass is 10.3. The van der Waals surface area contributed by atoms with Crippen molar-refractivity contribution in [2.24, 2.45) is 0 Å². The van der Waals surface area contributed by atoms with Gasteiger partial charge in [0.2, 0.25) is 5.91 Å². The van der Waals surface area contributed by atoms with Crippen LogP contribution in [0.3, 0.4) is 0 Å². The molecule has 6 heteroatoms. The van der Waals surface area contributed by atoms with Crippen LogP contribution in [-0.4, -0.2) is 30.6 Å². The van der Waals surface area contributed by atoms with Crippen LogP contribution in [-0.2, 0) is 4.79 Å². The number of hydrogen-bond acceptors (Lipinski definition) is 2. The molecule has 0 unspecified atom stereocenters. The summed E-state index contributed by atoms with van der Waals surface area (Å²) in [5.74, 6) is -1.01. The molecule has 0 spiro atoms. The van der Waals surface area contributed by atoms with Gasteiger partial charge in [-0.15, -0.1) is 0 Å². The zero-order valence-corrected chi connectivity index (χ0v) is 7.06. The topological polar surface area (TPSA) is 44.1 Å². The molecule has 0 aromatic rings. The van der Waals surface area contributed by atoms with Crippen LogP contribution in [0.15, 0.2) is 0 Å². The zero-order valence-electron chi connectivity index (χ0n) is 7.06. The van der Waals surface area contributed by atoms with Crippen molar-refractivity contribution in [3.8, 4) is 6.07 Å². The normalized spacial score (nSPS) is 10.7. The van der Waals surface area contributed by atoms with E-state index in [0.29, 0.717) is 0 Å². The van der Waals surface area contributed by atoms with Gasteiger partial charge in [0.1, 0.15) is 6.42 Å². The van der Waals surface area contributed by atoms with Gasteiger partial charge in [-0.3, -0.25) is 4.79 Å². The van der Waals surface area contributed by atoms with Gasteiger partial charge < -0.3 is 4.90 Å². The molecule has 74 valence electrons. The van der Waals surface area contributed by atoms with Gasteiger partial charge in [-0.1, -0.05) is 0 Å². The molecule has 0 radical (unpaired) electrons. The van der Waals surface area contributed by atoms with Crippen LogP contribution in [0.4, 0.5) is 13.2 Å². The number of carbonyl (C=O) groups is 1. The monoisotopic (exact) mass is 194 g/mol. The van der Waals surface area contributed by atoms with Gasteiger partial charge in [0, 0.05) is 13.6 Å². The zero-order chi connectivity index (χ0) is 10.5. The molecule has 0 fully saturated rings. The molecule has 0 aliphatic rings. The SMILES string of the molecule is CN(CCC#N)C(=O)CC(F)(F)F. The molecule has 0 aromatic heterocycles. The lowest BCUT2D eigenvalue weighted by molar-refractivity contribution is -0.160. The average molecular weight is 194 g/mol. The van der Waals surface area contributed by atoms with Crippen molar-refractivity contribution in [2.75, 3.05) is 13.6 Å². The van der Waals surface area contributed by atoms with E-state index in [9.17, 15) is 18.0 Å². The predicted molar refractivity (Wildman–Crippen MR) is 38.5 cm³/mol. The van der Waals surface area contributed by atoms with Gasteiger partial charge >= 0.3 is 6.18 Å². The van der Waals surface area contributed by atoms with Crippen LogP contribution >= 0.6 is 0 Å². The van der Waals surface area contributed by atoms with Crippen molar-refractivity contribution in [3.05, 3.63) is 0 Å². The van der Waals surface area contributed by atoms with E-state index in [4.69, 9.17) is 5.26 Å². The van der Waals surface area contributed by atoms with Crippen molar-refractivity contribution < 1.29 is 18.0 Å². The first kappa shape index (κ1) is 11.8. The number of amides is 1. The molecule has 0 aliphatic heterocycles. The Labute approximate surface area is 73.7 Å². The Morgan fingerprint density at radius 1 is 1.54 bits per heavy atom. The summed E-state index contributed by atoms with van der Waals surface area (Å²) in [6.45, 7) is 0.0331. The predicted octanol–water partition coefficient (Wildman–Crippen LogP) is 1.31. The molecule has 0 saturated heterocycles. The van der Waals surface area contributed by atoms with Crippen LogP contribution in [0.1, 0.15) is 12.8 Å². The number of carbonyl (C=O) groups excluding carboxylic acids is 1. The highest BCUT2D eigenvalue weighted by Crippen LogP contribution is 2.20. The third-order valence-corrected chi connectivity index (χ3v) is 1.34. The van der Waals surface area contributed by atoms with Gasteiger partial charge in [0.05, 0.1) is 12.5 Å². The molecule has 0 aliphatic carbocycles. The fourth-order valence-corrected chi connectivity index (χ4v) is 0.649. The highest BCUT2D eigenvalue weighted by molar-refractivity contribution is 5.76. The van der Waals surface area contributed by atoms with Gasteiger partial charge in [0.25, 0.3) is 0 Å². The second-order valence-electron chi connectivity index (χ2n) is 2.52. The van der Waals surface area contributed by atoms with E-state index in [1.165, 1.54) is 7.05 Å². The molecule has 13 heavy (non-hydrogen) atoms. The highest BCUT2D eigenvalue weighted by atomic mass is 19.4. The lowest BCUT2D eigenvalue weighted by Crippen LogP contribution is -2.31. The minimum atomic E-state index is -4.47. The summed E-state index contributed by atoms with van der Waals surface area (Å²) < 4.78 is 35.0. The molecule has 0 bridgehead atoms. The van der Waals surface area contributed by atoms with Gasteiger partial charge in [0.15, 0.2) is 0 Å². The van der Waals surface area contributed by atoms with E-state index in [2.05, 4.69) is 0 Å². The number of nitriles is 1. The van der Waals surface area contributed by atoms with Crippen LogP contribution in [0, 0.1) is 11.3 Å². The Kier molecular flexibility index (Phi) is 4.25. The smallest absolute Gasteiger partial charge is 0.344 e. The fourth-order valence-electron chi connectivity index (χ4n) is 0.649. The van der Waals surface area contributed by atoms with E-state index in [1.807, 2.05) is 0 Å². The molecule has 0 aromatic carbocycles. The summed E-state index contributed by atoms with van der Waals surface area (Å²) in [5.41, 5.74) is 0. The van der Waals surface area contributed by atoms with E-state index < -0.39 is 18.5 Å². The number of hydrogen-bond donors (Lipinski definition) is 0. The van der Waals surface area contributed by atoms with Crippen molar-refractivity contribution >= 4 is 5.91 Å². The first-order valence-electron chi connectivity index (χ1n) is 3.54. The van der Waals surface area contributed by atoms with Crippen molar-refractivity contribution in [3.63, 3.8) is 0 Å². The Balaban J connectivity index is 3.91. The number of halogens is 3. The molecular weight excluding hydrogens is 185 g/mol. The summed E-state index contributed by atoms with van der Waals surface area (Å²) >= 11 is 0. The second-order valence-corrected chi connectivity index (χ2v) is 2.52. The maximum absolute atomic E-state index is 11.7. The Morgan fingerprint density at radius 3 is 2.46 bits per heavy atom. The summed E-state index contributed by atoms with van der Waals surface area (Å²) in [5, 5.41) is 8.12. The molecule has 0 N–H and O–H groups in total. The van der Waals surface area contributed by atoms with E-state index in [0.717, 1.165) is 4.90 Å². The minimum absolute atomic E-state index is 0.0331. The minimum Gasteiger partial charge on any atom is -0.344 e. The Hall–Kier alpha value is -1.25.